The lowest BCUT2D eigenvalue weighted by atomic mass is 9.95. The number of hydrogen-bond acceptors (Lipinski definition) is 11. The summed E-state index contributed by atoms with van der Waals surface area (Å²) in [5, 5.41) is 6.26. The standard InChI is InChI=1S/C49H55FN8O8/c1-25(2)42(54-48(61)63-6)45(59)56-14-8-10-37(56)34-18-31(22-51-34)28-12-13-36-30(16-28)20-39-41-33(50)17-29(21-40(41)66-47(58(36)39)44-53-27(5)24-65-44)32-19-35(52-23-32)38-11-9-15-57(38)46(60)43(26(3)4)55-49(62)64-7/h12-13,16-17,20-26,37-38,42-43,47H,8-11,14-15,18-19H2,1-7H3,(H,54,61)(H,55,62)/t37-,38-,42-,43-,47?/m0/s1. The molecule has 2 fully saturated rings. The number of methoxy groups -OCH3 is 2. The van der Waals surface area contributed by atoms with Crippen LogP contribution in [-0.2, 0) is 19.1 Å². The maximum Gasteiger partial charge on any atom is 0.407 e. The zero-order chi connectivity index (χ0) is 46.6. The molecule has 0 aliphatic carbocycles. The largest absolute Gasteiger partial charge is 0.460 e. The Morgan fingerprint density at radius 1 is 0.788 bits per heavy atom. The number of rotatable bonds is 11. The summed E-state index contributed by atoms with van der Waals surface area (Å²) in [6.07, 6.45) is 7.08. The van der Waals surface area contributed by atoms with Crippen LogP contribution in [0.2, 0.25) is 0 Å². The summed E-state index contributed by atoms with van der Waals surface area (Å²) in [6.45, 7) is 10.5. The smallest absolute Gasteiger partial charge is 0.407 e. The number of oxazole rings is 1. The summed E-state index contributed by atoms with van der Waals surface area (Å²) < 4.78 is 40.9. The maximum absolute atomic E-state index is 16.8. The molecule has 5 atom stereocenters. The van der Waals surface area contributed by atoms with E-state index in [1.165, 1.54) is 20.3 Å². The molecule has 0 spiro atoms. The summed E-state index contributed by atoms with van der Waals surface area (Å²) in [5.41, 5.74) is 7.39. The molecular weight excluding hydrogens is 848 g/mol. The van der Waals surface area contributed by atoms with Gasteiger partial charge >= 0.3 is 12.2 Å². The number of allylic oxidation sites excluding steroid dienone is 2. The fourth-order valence-electron chi connectivity index (χ4n) is 9.97. The summed E-state index contributed by atoms with van der Waals surface area (Å²) in [7, 11) is 2.55. The van der Waals surface area contributed by atoms with Gasteiger partial charge in [0, 0.05) is 55.1 Å². The number of carbonyl (C=O) groups excluding carboxylic acids is 4. The quantitative estimate of drug-likeness (QED) is 0.152. The summed E-state index contributed by atoms with van der Waals surface area (Å²) in [5.74, 6) is -0.461. The first kappa shape index (κ1) is 44.4. The first-order valence-corrected chi connectivity index (χ1v) is 22.6. The molecule has 2 aromatic heterocycles. The van der Waals surface area contributed by atoms with Crippen LogP contribution in [-0.4, -0.2) is 106 Å². The molecule has 4 amide bonds. The summed E-state index contributed by atoms with van der Waals surface area (Å²) in [6, 6.07) is 9.45. The van der Waals surface area contributed by atoms with E-state index in [4.69, 9.17) is 28.6 Å². The van der Waals surface area contributed by atoms with Crippen LogP contribution in [0.3, 0.4) is 0 Å². The lowest BCUT2D eigenvalue weighted by molar-refractivity contribution is -0.134. The van der Waals surface area contributed by atoms with Crippen molar-refractivity contribution in [3.05, 3.63) is 83.6 Å². The van der Waals surface area contributed by atoms with Crippen LogP contribution >= 0.6 is 0 Å². The van der Waals surface area contributed by atoms with E-state index < -0.39 is 36.3 Å². The number of nitrogens with zero attached hydrogens (tertiary/aromatic N) is 6. The maximum atomic E-state index is 16.8. The highest BCUT2D eigenvalue weighted by molar-refractivity contribution is 6.06. The highest BCUT2D eigenvalue weighted by Crippen LogP contribution is 2.47. The third-order valence-corrected chi connectivity index (χ3v) is 13.4. The van der Waals surface area contributed by atoms with Crippen LogP contribution in [0.4, 0.5) is 14.0 Å². The van der Waals surface area contributed by atoms with E-state index in [0.29, 0.717) is 60.1 Å². The van der Waals surface area contributed by atoms with Crippen LogP contribution in [0.5, 0.6) is 5.75 Å². The van der Waals surface area contributed by atoms with Gasteiger partial charge < -0.3 is 39.1 Å². The number of halogens is 1. The van der Waals surface area contributed by atoms with E-state index in [2.05, 4.69) is 21.7 Å². The van der Waals surface area contributed by atoms with E-state index in [-0.39, 0.29) is 35.7 Å². The number of ether oxygens (including phenoxy) is 3. The SMILES string of the molecule is COC(=O)N[C@H](C(=O)N1CCC[C@H]1C1=NC=C(c2cc(F)c3c(c2)OC(c2nc(C)co2)n2c-3cc3cc(C4=CN=C([C@@H]5CCCN5C(=O)[C@@H](NC(=O)OC)C(C)C)C4)ccc32)C1)C(C)C. The van der Waals surface area contributed by atoms with Crippen molar-refractivity contribution < 1.29 is 42.2 Å². The molecule has 0 saturated carbocycles. The molecular formula is C49H55FN8O8. The van der Waals surface area contributed by atoms with Gasteiger partial charge in [-0.3, -0.25) is 24.1 Å². The number of aryl methyl sites for hydroxylation is 1. The van der Waals surface area contributed by atoms with Gasteiger partial charge in [0.25, 0.3) is 12.1 Å². The van der Waals surface area contributed by atoms with Crippen LogP contribution < -0.4 is 15.4 Å². The van der Waals surface area contributed by atoms with E-state index in [0.717, 1.165) is 64.7 Å². The van der Waals surface area contributed by atoms with E-state index in [1.807, 2.05) is 74.6 Å². The molecule has 2 N–H and O–H groups in total. The molecule has 66 heavy (non-hydrogen) atoms. The molecule has 2 aromatic carbocycles. The predicted octanol–water partition coefficient (Wildman–Crippen LogP) is 7.80. The Hall–Kier alpha value is -6.78. The number of fused-ring (bicyclic) bond motifs is 5. The topological polar surface area (TPSA) is 182 Å². The van der Waals surface area contributed by atoms with Gasteiger partial charge in [0.15, 0.2) is 0 Å². The normalized spacial score (nSPS) is 20.9. The lowest BCUT2D eigenvalue weighted by Crippen LogP contribution is -2.53. The molecule has 17 heteroatoms. The van der Waals surface area contributed by atoms with Gasteiger partial charge in [0.1, 0.15) is 29.9 Å². The van der Waals surface area contributed by atoms with Crippen LogP contribution in [0.25, 0.3) is 33.3 Å². The predicted molar refractivity (Wildman–Crippen MR) is 245 cm³/mol. The molecule has 5 aliphatic rings. The summed E-state index contributed by atoms with van der Waals surface area (Å²) >= 11 is 0. The van der Waals surface area contributed by atoms with Gasteiger partial charge in [0.05, 0.1) is 48.8 Å². The minimum Gasteiger partial charge on any atom is -0.460 e. The van der Waals surface area contributed by atoms with E-state index >= 15 is 4.39 Å². The van der Waals surface area contributed by atoms with Crippen molar-refractivity contribution >= 4 is 57.5 Å². The van der Waals surface area contributed by atoms with Crippen LogP contribution in [0.1, 0.15) is 95.2 Å². The molecule has 9 rings (SSSR count). The minimum absolute atomic E-state index is 0.138. The fraction of sp³-hybridized carbons (Fsp3) is 0.449. The first-order valence-electron chi connectivity index (χ1n) is 22.6. The minimum atomic E-state index is -0.844. The Morgan fingerprint density at radius 3 is 1.89 bits per heavy atom. The number of benzene rings is 2. The molecule has 16 nitrogen and oxygen atoms in total. The van der Waals surface area contributed by atoms with Crippen molar-refractivity contribution in [1.29, 1.82) is 0 Å². The Kier molecular flexibility index (Phi) is 12.0. The Labute approximate surface area is 381 Å². The Morgan fingerprint density at radius 2 is 1.36 bits per heavy atom. The second-order valence-corrected chi connectivity index (χ2v) is 18.3. The number of likely N-dealkylation sites (tertiary alicyclic amines) is 2. The number of alkyl carbamates (subject to hydrolysis) is 2. The van der Waals surface area contributed by atoms with Crippen molar-refractivity contribution in [1.82, 2.24) is 30.0 Å². The molecule has 346 valence electrons. The van der Waals surface area contributed by atoms with E-state index in [9.17, 15) is 19.2 Å². The van der Waals surface area contributed by atoms with Gasteiger partial charge in [-0.25, -0.2) is 19.0 Å². The fourth-order valence-corrected chi connectivity index (χ4v) is 9.97. The number of carbonyl (C=O) groups is 4. The molecule has 5 aliphatic heterocycles. The van der Waals surface area contributed by atoms with E-state index in [1.54, 1.807) is 17.4 Å². The number of amides is 4. The monoisotopic (exact) mass is 902 g/mol. The first-order chi connectivity index (χ1) is 31.7. The van der Waals surface area contributed by atoms with Gasteiger partial charge in [-0.15, -0.1) is 0 Å². The average molecular weight is 903 g/mol. The molecule has 0 bridgehead atoms. The third-order valence-electron chi connectivity index (χ3n) is 13.4. The van der Waals surface area contributed by atoms with Gasteiger partial charge in [-0.1, -0.05) is 33.8 Å². The number of aliphatic imine (C=N–C) groups is 2. The average Bonchev–Trinajstić information content (AvgIpc) is 4.16. The molecule has 7 heterocycles. The Balaban J connectivity index is 0.965. The highest BCUT2D eigenvalue weighted by Gasteiger charge is 2.41. The second-order valence-electron chi connectivity index (χ2n) is 18.3. The second kappa shape index (κ2) is 17.9. The number of hydrogen-bond donors (Lipinski definition) is 2. The van der Waals surface area contributed by atoms with Gasteiger partial charge in [-0.05, 0) is 97.0 Å². The lowest BCUT2D eigenvalue weighted by Gasteiger charge is -2.31. The number of nitrogens with one attached hydrogen (secondary N) is 2. The number of aromatic nitrogens is 2. The zero-order valence-electron chi connectivity index (χ0n) is 38.2. The summed E-state index contributed by atoms with van der Waals surface area (Å²) in [4.78, 5) is 69.7. The van der Waals surface area contributed by atoms with Gasteiger partial charge in [-0.2, -0.15) is 0 Å². The van der Waals surface area contributed by atoms with Gasteiger partial charge in [0.2, 0.25) is 11.8 Å². The Bertz CT molecular complexity index is 2750. The van der Waals surface area contributed by atoms with Crippen molar-refractivity contribution in [3.8, 4) is 17.0 Å². The van der Waals surface area contributed by atoms with Crippen molar-refractivity contribution in [2.75, 3.05) is 27.3 Å². The molecule has 1 unspecified atom stereocenters. The third kappa shape index (κ3) is 8.12. The molecule has 2 saturated heterocycles. The highest BCUT2D eigenvalue weighted by atomic mass is 19.1. The zero-order valence-corrected chi connectivity index (χ0v) is 38.2. The molecule has 0 radical (unpaired) electrons. The van der Waals surface area contributed by atoms with Crippen molar-refractivity contribution in [3.63, 3.8) is 0 Å². The molecule has 4 aromatic rings. The van der Waals surface area contributed by atoms with Crippen molar-refractivity contribution in [2.24, 2.45) is 21.8 Å². The van der Waals surface area contributed by atoms with Crippen LogP contribution in [0, 0.1) is 24.6 Å². The van der Waals surface area contributed by atoms with Crippen molar-refractivity contribution in [2.45, 2.75) is 104 Å². The van der Waals surface area contributed by atoms with Crippen LogP contribution in [0.15, 0.2) is 69.5 Å².